The van der Waals surface area contributed by atoms with Crippen LogP contribution in [0.2, 0.25) is 0 Å². The molecule has 0 saturated carbocycles. The van der Waals surface area contributed by atoms with Crippen LogP contribution in [-0.2, 0) is 0 Å². The first kappa shape index (κ1) is 14.1. The number of para-hydroxylation sites is 1. The van der Waals surface area contributed by atoms with Crippen LogP contribution in [-0.4, -0.2) is 4.98 Å². The SMILES string of the molecule is Nc1ccc(-c2nc3cc(N)c(-c4ccccc4N)cc3o2)cc1. The minimum Gasteiger partial charge on any atom is -0.436 e. The molecule has 0 atom stereocenters. The van der Waals surface area contributed by atoms with Gasteiger partial charge < -0.3 is 21.6 Å². The fourth-order valence-corrected chi connectivity index (χ4v) is 2.71. The average molecular weight is 316 g/mol. The number of nitrogens with zero attached hydrogens (tertiary/aromatic N) is 1. The molecule has 1 aromatic heterocycles. The Bertz CT molecular complexity index is 1040. The highest BCUT2D eigenvalue weighted by molar-refractivity contribution is 5.92. The van der Waals surface area contributed by atoms with Crippen molar-refractivity contribution in [2.75, 3.05) is 17.2 Å². The zero-order chi connectivity index (χ0) is 16.7. The Balaban J connectivity index is 1.86. The molecule has 0 radical (unpaired) electrons. The molecule has 1 heterocycles. The third kappa shape index (κ3) is 2.32. The van der Waals surface area contributed by atoms with Crippen molar-refractivity contribution in [3.63, 3.8) is 0 Å². The summed E-state index contributed by atoms with van der Waals surface area (Å²) in [5, 5.41) is 0. The molecule has 0 aliphatic carbocycles. The van der Waals surface area contributed by atoms with Crippen molar-refractivity contribution in [3.8, 4) is 22.6 Å². The van der Waals surface area contributed by atoms with E-state index in [0.717, 1.165) is 16.7 Å². The Morgan fingerprint density at radius 2 is 1.50 bits per heavy atom. The molecule has 4 rings (SSSR count). The molecule has 0 spiro atoms. The van der Waals surface area contributed by atoms with Gasteiger partial charge in [0.05, 0.1) is 0 Å². The molecular formula is C19H16N4O. The standard InChI is InChI=1S/C19H16N4O/c20-12-7-5-11(6-8-12)19-23-17-10-16(22)14(9-18(17)24-19)13-3-1-2-4-15(13)21/h1-10H,20-22H2. The summed E-state index contributed by atoms with van der Waals surface area (Å²) in [4.78, 5) is 4.51. The van der Waals surface area contributed by atoms with Crippen molar-refractivity contribution in [1.82, 2.24) is 4.98 Å². The number of oxazole rings is 1. The fourth-order valence-electron chi connectivity index (χ4n) is 2.71. The van der Waals surface area contributed by atoms with E-state index in [-0.39, 0.29) is 0 Å². The number of rotatable bonds is 2. The van der Waals surface area contributed by atoms with Crippen LogP contribution in [0, 0.1) is 0 Å². The van der Waals surface area contributed by atoms with Crippen molar-refractivity contribution < 1.29 is 4.42 Å². The van der Waals surface area contributed by atoms with E-state index < -0.39 is 0 Å². The normalized spacial score (nSPS) is 11.0. The van der Waals surface area contributed by atoms with Crippen molar-refractivity contribution >= 4 is 28.2 Å². The molecule has 0 aliphatic heterocycles. The summed E-state index contributed by atoms with van der Waals surface area (Å²) in [5.74, 6) is 0.530. The highest BCUT2D eigenvalue weighted by atomic mass is 16.3. The maximum absolute atomic E-state index is 6.20. The minimum absolute atomic E-state index is 0.530. The molecule has 0 unspecified atom stereocenters. The van der Waals surface area contributed by atoms with Crippen molar-refractivity contribution in [2.45, 2.75) is 0 Å². The van der Waals surface area contributed by atoms with Gasteiger partial charge in [-0.15, -0.1) is 0 Å². The number of nitrogens with two attached hydrogens (primary N) is 3. The predicted molar refractivity (Wildman–Crippen MR) is 98.1 cm³/mol. The summed E-state index contributed by atoms with van der Waals surface area (Å²) in [5.41, 5.74) is 23.9. The van der Waals surface area contributed by atoms with Crippen LogP contribution in [0.3, 0.4) is 0 Å². The number of aromatic nitrogens is 1. The van der Waals surface area contributed by atoms with Crippen LogP contribution in [0.25, 0.3) is 33.7 Å². The maximum atomic E-state index is 6.20. The highest BCUT2D eigenvalue weighted by Crippen LogP contribution is 2.35. The summed E-state index contributed by atoms with van der Waals surface area (Å²) in [6.07, 6.45) is 0. The number of hydrogen-bond acceptors (Lipinski definition) is 5. The molecule has 6 N–H and O–H groups in total. The summed E-state index contributed by atoms with van der Waals surface area (Å²) in [6, 6.07) is 18.7. The lowest BCUT2D eigenvalue weighted by Gasteiger charge is -2.08. The predicted octanol–water partition coefficient (Wildman–Crippen LogP) is 3.91. The van der Waals surface area contributed by atoms with E-state index in [1.807, 2.05) is 54.6 Å². The van der Waals surface area contributed by atoms with Crippen LogP contribution >= 0.6 is 0 Å². The molecule has 0 amide bonds. The van der Waals surface area contributed by atoms with E-state index in [4.69, 9.17) is 21.6 Å². The Morgan fingerprint density at radius 3 is 2.25 bits per heavy atom. The average Bonchev–Trinajstić information content (AvgIpc) is 2.98. The van der Waals surface area contributed by atoms with Crippen LogP contribution in [0.1, 0.15) is 0 Å². The van der Waals surface area contributed by atoms with Crippen LogP contribution in [0.4, 0.5) is 17.1 Å². The molecule has 24 heavy (non-hydrogen) atoms. The Morgan fingerprint density at radius 1 is 0.750 bits per heavy atom. The molecular weight excluding hydrogens is 300 g/mol. The summed E-state index contributed by atoms with van der Waals surface area (Å²) >= 11 is 0. The number of benzene rings is 3. The van der Waals surface area contributed by atoms with Gasteiger partial charge in [0.1, 0.15) is 5.52 Å². The molecule has 4 aromatic rings. The van der Waals surface area contributed by atoms with Gasteiger partial charge in [0.25, 0.3) is 0 Å². The quantitative estimate of drug-likeness (QED) is 0.486. The second-order valence-corrected chi connectivity index (χ2v) is 5.64. The first-order valence-corrected chi connectivity index (χ1v) is 7.52. The van der Waals surface area contributed by atoms with Gasteiger partial charge in [-0.25, -0.2) is 4.98 Å². The third-order valence-corrected chi connectivity index (χ3v) is 3.97. The Kier molecular flexibility index (Phi) is 3.13. The van der Waals surface area contributed by atoms with Crippen LogP contribution in [0.15, 0.2) is 65.1 Å². The number of anilines is 3. The van der Waals surface area contributed by atoms with Crippen LogP contribution < -0.4 is 17.2 Å². The van der Waals surface area contributed by atoms with Crippen molar-refractivity contribution in [3.05, 3.63) is 60.7 Å². The van der Waals surface area contributed by atoms with Crippen molar-refractivity contribution in [2.24, 2.45) is 0 Å². The molecule has 118 valence electrons. The second kappa shape index (κ2) is 5.31. The van der Waals surface area contributed by atoms with E-state index >= 15 is 0 Å². The number of nitrogen functional groups attached to an aromatic ring is 3. The Hall–Kier alpha value is -3.47. The number of fused-ring (bicyclic) bond motifs is 1. The first-order chi connectivity index (χ1) is 11.6. The summed E-state index contributed by atoms with van der Waals surface area (Å²) < 4.78 is 5.90. The molecule has 0 fully saturated rings. The summed E-state index contributed by atoms with van der Waals surface area (Å²) in [7, 11) is 0. The Labute approximate surface area is 138 Å². The monoisotopic (exact) mass is 316 g/mol. The third-order valence-electron chi connectivity index (χ3n) is 3.97. The van der Waals surface area contributed by atoms with Gasteiger partial charge >= 0.3 is 0 Å². The first-order valence-electron chi connectivity index (χ1n) is 7.52. The van der Waals surface area contributed by atoms with E-state index in [9.17, 15) is 0 Å². The van der Waals surface area contributed by atoms with Gasteiger partial charge in [-0.05, 0) is 42.5 Å². The lowest BCUT2D eigenvalue weighted by Crippen LogP contribution is -1.94. The van der Waals surface area contributed by atoms with E-state index in [1.54, 1.807) is 6.07 Å². The van der Waals surface area contributed by atoms with Crippen LogP contribution in [0.5, 0.6) is 0 Å². The molecule has 5 nitrogen and oxygen atoms in total. The smallest absolute Gasteiger partial charge is 0.227 e. The molecule has 5 heteroatoms. The topological polar surface area (TPSA) is 104 Å². The lowest BCUT2D eigenvalue weighted by atomic mass is 10.0. The largest absolute Gasteiger partial charge is 0.436 e. The minimum atomic E-state index is 0.530. The van der Waals surface area contributed by atoms with E-state index in [0.29, 0.717) is 34.1 Å². The van der Waals surface area contributed by atoms with Gasteiger partial charge in [-0.3, -0.25) is 0 Å². The molecule has 0 bridgehead atoms. The molecule has 0 aliphatic rings. The molecule has 0 saturated heterocycles. The highest BCUT2D eigenvalue weighted by Gasteiger charge is 2.13. The zero-order valence-corrected chi connectivity index (χ0v) is 12.9. The van der Waals surface area contributed by atoms with Gasteiger partial charge in [0.2, 0.25) is 5.89 Å². The van der Waals surface area contributed by atoms with E-state index in [1.165, 1.54) is 0 Å². The summed E-state index contributed by atoms with van der Waals surface area (Å²) in [6.45, 7) is 0. The second-order valence-electron chi connectivity index (χ2n) is 5.64. The lowest BCUT2D eigenvalue weighted by molar-refractivity contribution is 0.620. The van der Waals surface area contributed by atoms with Gasteiger partial charge in [-0.1, -0.05) is 18.2 Å². The van der Waals surface area contributed by atoms with Gasteiger partial charge in [0.15, 0.2) is 5.58 Å². The fraction of sp³-hybridized carbons (Fsp3) is 0. The van der Waals surface area contributed by atoms with Gasteiger partial charge in [-0.2, -0.15) is 0 Å². The molecule has 3 aromatic carbocycles. The zero-order valence-electron chi connectivity index (χ0n) is 12.9. The maximum Gasteiger partial charge on any atom is 0.227 e. The van der Waals surface area contributed by atoms with Gasteiger partial charge in [0, 0.05) is 33.8 Å². The number of hydrogen-bond donors (Lipinski definition) is 3. The van der Waals surface area contributed by atoms with E-state index in [2.05, 4.69) is 4.98 Å². The van der Waals surface area contributed by atoms with Crippen molar-refractivity contribution in [1.29, 1.82) is 0 Å².